The van der Waals surface area contributed by atoms with Crippen LogP contribution in [0.5, 0.6) is 5.75 Å². The summed E-state index contributed by atoms with van der Waals surface area (Å²) >= 11 is 0. The quantitative estimate of drug-likeness (QED) is 0.907. The summed E-state index contributed by atoms with van der Waals surface area (Å²) in [6, 6.07) is 16.2. The van der Waals surface area contributed by atoms with Gasteiger partial charge in [0, 0.05) is 0 Å². The van der Waals surface area contributed by atoms with Gasteiger partial charge in [0.1, 0.15) is 5.75 Å². The number of aliphatic hydroxyl groups is 1. The van der Waals surface area contributed by atoms with E-state index in [4.69, 9.17) is 4.74 Å². The Hall–Kier alpha value is -1.80. The van der Waals surface area contributed by atoms with E-state index in [1.165, 1.54) is 11.1 Å². The van der Waals surface area contributed by atoms with Crippen molar-refractivity contribution in [3.63, 3.8) is 0 Å². The van der Waals surface area contributed by atoms with Crippen LogP contribution in [0.3, 0.4) is 0 Å². The molecule has 0 bridgehead atoms. The van der Waals surface area contributed by atoms with Crippen LogP contribution in [0.15, 0.2) is 48.5 Å². The van der Waals surface area contributed by atoms with Crippen LogP contribution >= 0.6 is 0 Å². The van der Waals surface area contributed by atoms with Gasteiger partial charge in [0.25, 0.3) is 0 Å². The van der Waals surface area contributed by atoms with Crippen molar-refractivity contribution in [3.05, 3.63) is 65.2 Å². The molecule has 2 nitrogen and oxygen atoms in total. The van der Waals surface area contributed by atoms with Gasteiger partial charge in [-0.25, -0.2) is 0 Å². The first-order chi connectivity index (χ1) is 8.99. The molecule has 100 valence electrons. The fourth-order valence-corrected chi connectivity index (χ4v) is 2.01. The van der Waals surface area contributed by atoms with Crippen LogP contribution in [0.2, 0.25) is 0 Å². The van der Waals surface area contributed by atoms with Crippen LogP contribution in [-0.2, 0) is 12.0 Å². The lowest BCUT2D eigenvalue weighted by Gasteiger charge is -2.17. The van der Waals surface area contributed by atoms with Gasteiger partial charge in [0.05, 0.1) is 12.7 Å². The Bertz CT molecular complexity index is 519. The number of hydrogen-bond donors (Lipinski definition) is 1. The third-order valence-electron chi connectivity index (χ3n) is 3.23. The molecule has 0 spiro atoms. The second-order valence-electron chi connectivity index (χ2n) is 5.28. The average Bonchev–Trinajstić information content (AvgIpc) is 2.39. The third-order valence-corrected chi connectivity index (χ3v) is 3.23. The summed E-state index contributed by atoms with van der Waals surface area (Å²) in [4.78, 5) is 0. The minimum atomic E-state index is -0.779. The predicted octanol–water partition coefficient (Wildman–Crippen LogP) is 3.51. The molecular weight excluding hydrogens is 236 g/mol. The lowest BCUT2D eigenvalue weighted by molar-refractivity contribution is 0.0786. The van der Waals surface area contributed by atoms with E-state index in [-0.39, 0.29) is 0 Å². The summed E-state index contributed by atoms with van der Waals surface area (Å²) < 4.78 is 5.14. The van der Waals surface area contributed by atoms with Crippen molar-refractivity contribution >= 4 is 0 Å². The first kappa shape index (κ1) is 13.6. The Balaban J connectivity index is 2.10. The van der Waals surface area contributed by atoms with Crippen molar-refractivity contribution < 1.29 is 9.84 Å². The Labute approximate surface area is 114 Å². The topological polar surface area (TPSA) is 29.5 Å². The fraction of sp³-hybridized carbons (Fsp3) is 0.294. The zero-order chi connectivity index (χ0) is 13.9. The van der Waals surface area contributed by atoms with Crippen molar-refractivity contribution in [1.82, 2.24) is 0 Å². The third kappa shape index (κ3) is 3.58. The lowest BCUT2D eigenvalue weighted by Crippen LogP contribution is -2.15. The van der Waals surface area contributed by atoms with E-state index in [1.807, 2.05) is 24.3 Å². The molecule has 0 radical (unpaired) electrons. The maximum Gasteiger partial charge on any atom is 0.118 e. The Morgan fingerprint density at radius 3 is 1.79 bits per heavy atom. The molecule has 0 aromatic heterocycles. The summed E-state index contributed by atoms with van der Waals surface area (Å²) in [5.74, 6) is 0.876. The van der Waals surface area contributed by atoms with E-state index in [1.54, 1.807) is 21.0 Å². The van der Waals surface area contributed by atoms with Gasteiger partial charge in [-0.1, -0.05) is 36.4 Å². The summed E-state index contributed by atoms with van der Waals surface area (Å²) in [6.07, 6.45) is 0.885. The Morgan fingerprint density at radius 1 is 0.895 bits per heavy atom. The minimum absolute atomic E-state index is 0.779. The Kier molecular flexibility index (Phi) is 3.91. The van der Waals surface area contributed by atoms with Crippen LogP contribution in [-0.4, -0.2) is 12.2 Å². The van der Waals surface area contributed by atoms with Crippen molar-refractivity contribution in [2.24, 2.45) is 0 Å². The van der Waals surface area contributed by atoms with Crippen molar-refractivity contribution in [3.8, 4) is 5.75 Å². The number of hydrogen-bond acceptors (Lipinski definition) is 2. The number of rotatable bonds is 4. The zero-order valence-corrected chi connectivity index (χ0v) is 11.7. The van der Waals surface area contributed by atoms with Gasteiger partial charge in [-0.15, -0.1) is 0 Å². The molecule has 19 heavy (non-hydrogen) atoms. The molecule has 0 heterocycles. The zero-order valence-electron chi connectivity index (χ0n) is 11.7. The first-order valence-electron chi connectivity index (χ1n) is 6.44. The van der Waals surface area contributed by atoms with Gasteiger partial charge in [0.2, 0.25) is 0 Å². The highest BCUT2D eigenvalue weighted by Gasteiger charge is 2.14. The van der Waals surface area contributed by atoms with Crippen LogP contribution in [0, 0.1) is 0 Å². The molecule has 2 aromatic rings. The van der Waals surface area contributed by atoms with E-state index >= 15 is 0 Å². The van der Waals surface area contributed by atoms with Gasteiger partial charge in [-0.2, -0.15) is 0 Å². The van der Waals surface area contributed by atoms with Crippen LogP contribution in [0.1, 0.15) is 30.5 Å². The molecule has 0 aliphatic heterocycles. The monoisotopic (exact) mass is 256 g/mol. The molecule has 2 aromatic carbocycles. The second-order valence-corrected chi connectivity index (χ2v) is 5.28. The van der Waals surface area contributed by atoms with Crippen LogP contribution in [0.25, 0.3) is 0 Å². The molecule has 0 aliphatic rings. The maximum atomic E-state index is 9.91. The molecule has 1 N–H and O–H groups in total. The summed E-state index contributed by atoms with van der Waals surface area (Å²) in [6.45, 7) is 3.59. The molecule has 0 unspecified atom stereocenters. The van der Waals surface area contributed by atoms with E-state index < -0.39 is 5.60 Å². The number of benzene rings is 2. The lowest BCUT2D eigenvalue weighted by atomic mass is 9.96. The van der Waals surface area contributed by atoms with E-state index in [0.29, 0.717) is 0 Å². The van der Waals surface area contributed by atoms with Gasteiger partial charge in [0.15, 0.2) is 0 Å². The predicted molar refractivity (Wildman–Crippen MR) is 77.5 cm³/mol. The van der Waals surface area contributed by atoms with Crippen LogP contribution < -0.4 is 4.74 Å². The minimum Gasteiger partial charge on any atom is -0.497 e. The SMILES string of the molecule is COc1ccc(Cc2ccc(C(C)(C)O)cc2)cc1. The largest absolute Gasteiger partial charge is 0.497 e. The number of ether oxygens (including phenoxy) is 1. The average molecular weight is 256 g/mol. The van der Waals surface area contributed by atoms with Gasteiger partial charge < -0.3 is 9.84 Å². The standard InChI is InChI=1S/C17H20O2/c1-17(2,18)15-8-4-13(5-9-15)12-14-6-10-16(19-3)11-7-14/h4-11,18H,12H2,1-3H3. The first-order valence-corrected chi connectivity index (χ1v) is 6.44. The molecule has 0 fully saturated rings. The van der Waals surface area contributed by atoms with Crippen molar-refractivity contribution in [1.29, 1.82) is 0 Å². The fourth-order valence-electron chi connectivity index (χ4n) is 2.01. The highest BCUT2D eigenvalue weighted by Crippen LogP contribution is 2.21. The van der Waals surface area contributed by atoms with Crippen molar-refractivity contribution in [2.75, 3.05) is 7.11 Å². The van der Waals surface area contributed by atoms with Gasteiger partial charge >= 0.3 is 0 Å². The molecule has 0 saturated heterocycles. The highest BCUT2D eigenvalue weighted by molar-refractivity contribution is 5.33. The summed E-state index contributed by atoms with van der Waals surface area (Å²) in [5, 5.41) is 9.91. The molecule has 0 amide bonds. The van der Waals surface area contributed by atoms with E-state index in [0.717, 1.165) is 17.7 Å². The molecule has 2 rings (SSSR count). The highest BCUT2D eigenvalue weighted by atomic mass is 16.5. The molecule has 0 aliphatic carbocycles. The van der Waals surface area contributed by atoms with Crippen LogP contribution in [0.4, 0.5) is 0 Å². The second kappa shape index (κ2) is 5.45. The van der Waals surface area contributed by atoms with E-state index in [2.05, 4.69) is 24.3 Å². The number of methoxy groups -OCH3 is 1. The molecular formula is C17H20O2. The van der Waals surface area contributed by atoms with Crippen molar-refractivity contribution in [2.45, 2.75) is 25.9 Å². The van der Waals surface area contributed by atoms with Gasteiger partial charge in [-0.3, -0.25) is 0 Å². The normalized spacial score (nSPS) is 11.4. The molecule has 2 heteroatoms. The molecule has 0 saturated carbocycles. The van der Waals surface area contributed by atoms with E-state index in [9.17, 15) is 5.11 Å². The summed E-state index contributed by atoms with van der Waals surface area (Å²) in [5.41, 5.74) is 2.64. The maximum absolute atomic E-state index is 9.91. The smallest absolute Gasteiger partial charge is 0.118 e. The molecule has 0 atom stereocenters. The van der Waals surface area contributed by atoms with Gasteiger partial charge in [-0.05, 0) is 49.1 Å². The Morgan fingerprint density at radius 2 is 1.37 bits per heavy atom. The summed E-state index contributed by atoms with van der Waals surface area (Å²) in [7, 11) is 1.67.